The van der Waals surface area contributed by atoms with Gasteiger partial charge in [-0.15, -0.1) is 0 Å². The van der Waals surface area contributed by atoms with Gasteiger partial charge in [-0.05, 0) is 6.07 Å². The van der Waals surface area contributed by atoms with Gasteiger partial charge in [0.2, 0.25) is 0 Å². The maximum absolute atomic E-state index is 10.7. The van der Waals surface area contributed by atoms with Gasteiger partial charge < -0.3 is 5.73 Å². The highest BCUT2D eigenvalue weighted by molar-refractivity contribution is 7.77. The maximum Gasteiger partial charge on any atom is 0.267 e. The van der Waals surface area contributed by atoms with Crippen molar-refractivity contribution >= 4 is 28.2 Å². The predicted molar refractivity (Wildman–Crippen MR) is 48.1 cm³/mol. The van der Waals surface area contributed by atoms with Crippen molar-refractivity contribution < 1.29 is 8.76 Å². The van der Waals surface area contributed by atoms with Gasteiger partial charge in [-0.3, -0.25) is 4.55 Å². The van der Waals surface area contributed by atoms with E-state index in [0.29, 0.717) is 11.2 Å². The Balaban J connectivity index is 2.76. The van der Waals surface area contributed by atoms with Crippen molar-refractivity contribution in [3.05, 3.63) is 18.5 Å². The first-order chi connectivity index (χ1) is 6.18. The molecule has 1 atom stereocenters. The normalized spacial score (nSPS) is 13.3. The Morgan fingerprint density at radius 1 is 1.62 bits per heavy atom. The Morgan fingerprint density at radius 3 is 3.08 bits per heavy atom. The van der Waals surface area contributed by atoms with Crippen LogP contribution in [0.5, 0.6) is 0 Å². The Hall–Kier alpha value is -1.47. The minimum Gasteiger partial charge on any atom is -0.382 e. The maximum atomic E-state index is 10.7. The first kappa shape index (κ1) is 8.14. The van der Waals surface area contributed by atoms with Crippen LogP contribution in [0.4, 0.5) is 5.82 Å². The third-order valence-electron chi connectivity index (χ3n) is 1.54. The second-order valence-corrected chi connectivity index (χ2v) is 3.23. The Kier molecular flexibility index (Phi) is 1.74. The van der Waals surface area contributed by atoms with Crippen LogP contribution in [0.1, 0.15) is 0 Å². The predicted octanol–water partition coefficient (Wildman–Crippen LogP) is -0.00170. The van der Waals surface area contributed by atoms with E-state index in [4.69, 9.17) is 10.3 Å². The lowest BCUT2D eigenvalue weighted by Crippen LogP contribution is -2.02. The molecule has 0 aliphatic carbocycles. The molecule has 6 nitrogen and oxygen atoms in total. The third-order valence-corrected chi connectivity index (χ3v) is 2.17. The quantitative estimate of drug-likeness (QED) is 0.629. The van der Waals surface area contributed by atoms with Crippen LogP contribution in [0.15, 0.2) is 18.5 Å². The van der Waals surface area contributed by atoms with Crippen LogP contribution in [0.3, 0.4) is 0 Å². The molecule has 0 aliphatic rings. The molecule has 3 N–H and O–H groups in total. The SMILES string of the molecule is Nc1cnc2c(ccn2S(=O)O)n1. The molecule has 0 amide bonds. The van der Waals surface area contributed by atoms with Crippen molar-refractivity contribution in [2.75, 3.05) is 5.73 Å². The molecule has 0 saturated heterocycles. The smallest absolute Gasteiger partial charge is 0.267 e. The lowest BCUT2D eigenvalue weighted by atomic mass is 10.5. The zero-order valence-electron chi connectivity index (χ0n) is 6.41. The molecule has 0 bridgehead atoms. The van der Waals surface area contributed by atoms with E-state index in [1.807, 2.05) is 0 Å². The summed E-state index contributed by atoms with van der Waals surface area (Å²) < 4.78 is 20.7. The van der Waals surface area contributed by atoms with Crippen LogP contribution in [0.25, 0.3) is 11.2 Å². The summed E-state index contributed by atoms with van der Waals surface area (Å²) in [5.41, 5.74) is 6.23. The largest absolute Gasteiger partial charge is 0.382 e. The molecule has 7 heteroatoms. The van der Waals surface area contributed by atoms with Crippen LogP contribution >= 0.6 is 0 Å². The monoisotopic (exact) mass is 198 g/mol. The average molecular weight is 198 g/mol. The molecule has 2 aromatic heterocycles. The highest BCUT2D eigenvalue weighted by Crippen LogP contribution is 2.11. The molecular formula is C6H6N4O2S. The van der Waals surface area contributed by atoms with Gasteiger partial charge in [0.1, 0.15) is 11.3 Å². The molecular weight excluding hydrogens is 192 g/mol. The number of aromatic nitrogens is 3. The second-order valence-electron chi connectivity index (χ2n) is 2.38. The lowest BCUT2D eigenvalue weighted by molar-refractivity contribution is 0.556. The summed E-state index contributed by atoms with van der Waals surface area (Å²) >= 11 is -2.11. The molecule has 0 radical (unpaired) electrons. The lowest BCUT2D eigenvalue weighted by Gasteiger charge is -1.96. The Bertz CT molecular complexity index is 480. The van der Waals surface area contributed by atoms with E-state index in [2.05, 4.69) is 9.97 Å². The van der Waals surface area contributed by atoms with Crippen molar-refractivity contribution in [3.8, 4) is 0 Å². The number of hydrogen-bond donors (Lipinski definition) is 2. The zero-order chi connectivity index (χ0) is 9.42. The van der Waals surface area contributed by atoms with Crippen molar-refractivity contribution in [3.63, 3.8) is 0 Å². The van der Waals surface area contributed by atoms with Gasteiger partial charge in [0.15, 0.2) is 5.65 Å². The number of nitrogens with zero attached hydrogens (tertiary/aromatic N) is 3. The molecule has 68 valence electrons. The summed E-state index contributed by atoms with van der Waals surface area (Å²) in [6.45, 7) is 0. The summed E-state index contributed by atoms with van der Waals surface area (Å²) in [4.78, 5) is 7.81. The Morgan fingerprint density at radius 2 is 2.38 bits per heavy atom. The number of hydrogen-bond acceptors (Lipinski definition) is 4. The van der Waals surface area contributed by atoms with Gasteiger partial charge in [-0.1, -0.05) is 0 Å². The van der Waals surface area contributed by atoms with E-state index in [9.17, 15) is 4.21 Å². The van der Waals surface area contributed by atoms with E-state index < -0.39 is 11.3 Å². The molecule has 0 fully saturated rings. The van der Waals surface area contributed by atoms with E-state index in [1.54, 1.807) is 6.07 Å². The second kappa shape index (κ2) is 2.79. The molecule has 13 heavy (non-hydrogen) atoms. The number of nitrogens with two attached hydrogens (primary N) is 1. The van der Waals surface area contributed by atoms with Crippen molar-refractivity contribution in [1.82, 2.24) is 13.9 Å². The summed E-state index contributed by atoms with van der Waals surface area (Å²) in [6.07, 6.45) is 2.77. The first-order valence-electron chi connectivity index (χ1n) is 3.39. The van der Waals surface area contributed by atoms with Crippen molar-refractivity contribution in [1.29, 1.82) is 0 Å². The fourth-order valence-corrected chi connectivity index (χ4v) is 1.48. The minimum absolute atomic E-state index is 0.286. The molecule has 0 spiro atoms. The summed E-state index contributed by atoms with van der Waals surface area (Å²) in [6, 6.07) is 1.58. The fourth-order valence-electron chi connectivity index (χ4n) is 1.03. The molecule has 2 aromatic rings. The topological polar surface area (TPSA) is 94.0 Å². The minimum atomic E-state index is -2.11. The van der Waals surface area contributed by atoms with Gasteiger partial charge in [0, 0.05) is 6.20 Å². The van der Waals surface area contributed by atoms with Crippen molar-refractivity contribution in [2.24, 2.45) is 0 Å². The van der Waals surface area contributed by atoms with Crippen LogP contribution < -0.4 is 5.73 Å². The van der Waals surface area contributed by atoms with Gasteiger partial charge in [0.05, 0.1) is 6.20 Å². The summed E-state index contributed by atoms with van der Waals surface area (Å²) in [5, 5.41) is 0. The standard InChI is InChI=1S/C6H6N4O2S/c7-5-3-8-6-4(9-5)1-2-10(6)13(11)12/h1-3H,(H2,7,9)(H,11,12). The molecule has 2 rings (SSSR count). The molecule has 2 heterocycles. The summed E-state index contributed by atoms with van der Waals surface area (Å²) in [5.74, 6) is 0.286. The van der Waals surface area contributed by atoms with Gasteiger partial charge >= 0.3 is 0 Å². The molecule has 1 unspecified atom stereocenters. The van der Waals surface area contributed by atoms with Crippen LogP contribution in [-0.2, 0) is 11.3 Å². The van der Waals surface area contributed by atoms with Gasteiger partial charge in [-0.25, -0.2) is 18.1 Å². The first-order valence-corrected chi connectivity index (χ1v) is 4.46. The Labute approximate surface area is 75.8 Å². The zero-order valence-corrected chi connectivity index (χ0v) is 7.23. The summed E-state index contributed by atoms with van der Waals surface area (Å²) in [7, 11) is 0. The van der Waals surface area contributed by atoms with E-state index in [-0.39, 0.29) is 5.82 Å². The van der Waals surface area contributed by atoms with E-state index in [1.165, 1.54) is 12.4 Å². The molecule has 0 aromatic carbocycles. The number of rotatable bonds is 1. The van der Waals surface area contributed by atoms with Crippen LogP contribution in [0.2, 0.25) is 0 Å². The van der Waals surface area contributed by atoms with E-state index >= 15 is 0 Å². The highest BCUT2D eigenvalue weighted by Gasteiger charge is 2.06. The molecule has 0 saturated carbocycles. The van der Waals surface area contributed by atoms with Gasteiger partial charge in [0.25, 0.3) is 11.3 Å². The number of anilines is 1. The van der Waals surface area contributed by atoms with Crippen LogP contribution in [0, 0.1) is 0 Å². The van der Waals surface area contributed by atoms with Gasteiger partial charge in [-0.2, -0.15) is 0 Å². The van der Waals surface area contributed by atoms with E-state index in [0.717, 1.165) is 3.97 Å². The number of nitrogen functional groups attached to an aromatic ring is 1. The fraction of sp³-hybridized carbons (Fsp3) is 0. The van der Waals surface area contributed by atoms with Crippen LogP contribution in [-0.4, -0.2) is 22.7 Å². The van der Waals surface area contributed by atoms with Crippen molar-refractivity contribution in [2.45, 2.75) is 0 Å². The third kappa shape index (κ3) is 1.27. The average Bonchev–Trinajstić information content (AvgIpc) is 2.46. The number of fused-ring (bicyclic) bond motifs is 1. The highest BCUT2D eigenvalue weighted by atomic mass is 32.2. The molecule has 0 aliphatic heterocycles.